The fourth-order valence-electron chi connectivity index (χ4n) is 3.08. The minimum atomic E-state index is -2.92. The molecule has 0 aliphatic carbocycles. The molecule has 0 saturated carbocycles. The van der Waals surface area contributed by atoms with E-state index in [9.17, 15) is 18.0 Å². The molecule has 1 N–H and O–H groups in total. The van der Waals surface area contributed by atoms with Crippen molar-refractivity contribution in [2.75, 3.05) is 0 Å². The highest BCUT2D eigenvalue weighted by molar-refractivity contribution is 5.77. The maximum absolute atomic E-state index is 13.4. The monoisotopic (exact) mass is 394 g/mol. The molecule has 3 rings (SSSR count). The molecule has 0 spiro atoms. The third-order valence-corrected chi connectivity index (χ3v) is 4.36. The molecule has 0 saturated heterocycles. The number of alkyl halides is 3. The Balaban J connectivity index is 0.00000136. The number of aromatic amines is 1. The maximum atomic E-state index is 13.4. The Morgan fingerprint density at radius 3 is 2.32 bits per heavy atom. The van der Waals surface area contributed by atoms with Crippen LogP contribution >= 0.6 is 0 Å². The third kappa shape index (κ3) is 4.10. The van der Waals surface area contributed by atoms with E-state index in [0.29, 0.717) is 12.2 Å². The summed E-state index contributed by atoms with van der Waals surface area (Å²) in [6, 6.07) is 5.58. The van der Waals surface area contributed by atoms with Gasteiger partial charge in [-0.05, 0) is 18.9 Å². The van der Waals surface area contributed by atoms with Gasteiger partial charge in [-0.25, -0.2) is 22.8 Å². The second-order valence-electron chi connectivity index (χ2n) is 6.31. The van der Waals surface area contributed by atoms with E-state index in [-0.39, 0.29) is 28.3 Å². The van der Waals surface area contributed by atoms with Crippen molar-refractivity contribution in [1.29, 1.82) is 0 Å². The second kappa shape index (κ2) is 8.58. The molecule has 0 bridgehead atoms. The molecular formula is C20H25F3N4O. The molecule has 8 heteroatoms. The summed E-state index contributed by atoms with van der Waals surface area (Å²) >= 11 is 0. The molecule has 3 aromatic rings. The Morgan fingerprint density at radius 1 is 1.21 bits per heavy atom. The number of nitrogens with one attached hydrogen (secondary N) is 1. The second-order valence-corrected chi connectivity index (χ2v) is 6.31. The fourth-order valence-corrected chi connectivity index (χ4v) is 3.08. The van der Waals surface area contributed by atoms with E-state index in [1.54, 1.807) is 19.1 Å². The molecule has 152 valence electrons. The molecule has 0 radical (unpaired) electrons. The highest BCUT2D eigenvalue weighted by Gasteiger charge is 2.26. The lowest BCUT2D eigenvalue weighted by molar-refractivity contribution is 0.0174. The van der Waals surface area contributed by atoms with Crippen LogP contribution in [0.5, 0.6) is 0 Å². The van der Waals surface area contributed by atoms with Crippen molar-refractivity contribution >= 4 is 11.0 Å². The number of halogens is 3. The highest BCUT2D eigenvalue weighted by atomic mass is 19.3. The average Bonchev–Trinajstić information content (AvgIpc) is 3.02. The normalized spacial score (nSPS) is 12.6. The number of hydrogen-bond donors (Lipinski definition) is 1. The summed E-state index contributed by atoms with van der Waals surface area (Å²) in [4.78, 5) is 19.1. The molecule has 2 aromatic heterocycles. The van der Waals surface area contributed by atoms with Gasteiger partial charge in [0.15, 0.2) is 5.65 Å². The molecule has 5 nitrogen and oxygen atoms in total. The quantitative estimate of drug-likeness (QED) is 0.660. The molecule has 0 aliphatic heterocycles. The van der Waals surface area contributed by atoms with Gasteiger partial charge in [0.2, 0.25) is 0 Å². The summed E-state index contributed by atoms with van der Waals surface area (Å²) in [5, 5.41) is 4.36. The first-order chi connectivity index (χ1) is 13.3. The van der Waals surface area contributed by atoms with Gasteiger partial charge >= 0.3 is 0 Å². The van der Waals surface area contributed by atoms with E-state index in [4.69, 9.17) is 0 Å². The van der Waals surface area contributed by atoms with Crippen molar-refractivity contribution in [3.05, 3.63) is 57.3 Å². The van der Waals surface area contributed by atoms with E-state index >= 15 is 0 Å². The zero-order chi connectivity index (χ0) is 21.1. The van der Waals surface area contributed by atoms with Crippen LogP contribution in [0.1, 0.15) is 62.8 Å². The van der Waals surface area contributed by atoms with Crippen molar-refractivity contribution in [3.63, 3.8) is 0 Å². The predicted octanol–water partition coefficient (Wildman–Crippen LogP) is 5.03. The van der Waals surface area contributed by atoms with Crippen LogP contribution in [0.3, 0.4) is 0 Å². The lowest BCUT2D eigenvalue weighted by atomic mass is 10.0. The van der Waals surface area contributed by atoms with Crippen molar-refractivity contribution < 1.29 is 13.2 Å². The lowest BCUT2D eigenvalue weighted by Crippen LogP contribution is -2.15. The molecule has 0 amide bonds. The van der Waals surface area contributed by atoms with Gasteiger partial charge in [-0.3, -0.25) is 4.79 Å². The summed E-state index contributed by atoms with van der Waals surface area (Å²) in [5.74, 6) is -2.53. The van der Waals surface area contributed by atoms with Gasteiger partial charge in [-0.1, -0.05) is 45.0 Å². The van der Waals surface area contributed by atoms with Crippen LogP contribution in [0.15, 0.2) is 29.1 Å². The average molecular weight is 394 g/mol. The van der Waals surface area contributed by atoms with E-state index in [0.717, 1.165) is 12.5 Å². The summed E-state index contributed by atoms with van der Waals surface area (Å²) in [7, 11) is 0. The third-order valence-electron chi connectivity index (χ3n) is 4.36. The van der Waals surface area contributed by atoms with Crippen LogP contribution in [-0.4, -0.2) is 19.7 Å². The number of benzene rings is 1. The predicted molar refractivity (Wildman–Crippen MR) is 103 cm³/mol. The van der Waals surface area contributed by atoms with Gasteiger partial charge in [0.25, 0.3) is 11.5 Å². The number of aryl methyl sites for hydroxylation is 1. The number of hydrogen-bond acceptors (Lipinski definition) is 3. The van der Waals surface area contributed by atoms with Gasteiger partial charge in [-0.15, -0.1) is 0 Å². The largest absolute Gasteiger partial charge is 0.310 e. The molecule has 2 heterocycles. The van der Waals surface area contributed by atoms with Crippen molar-refractivity contribution in [3.8, 4) is 0 Å². The Morgan fingerprint density at radius 2 is 1.82 bits per heavy atom. The van der Waals surface area contributed by atoms with Crippen LogP contribution in [0.4, 0.5) is 13.2 Å². The Hall–Kier alpha value is -2.64. The van der Waals surface area contributed by atoms with Crippen molar-refractivity contribution in [2.24, 2.45) is 0 Å². The van der Waals surface area contributed by atoms with Crippen LogP contribution < -0.4 is 5.56 Å². The number of H-pyrrole nitrogens is 1. The van der Waals surface area contributed by atoms with Gasteiger partial charge < -0.3 is 4.98 Å². The Bertz CT molecular complexity index is 988. The molecule has 1 aromatic carbocycles. The lowest BCUT2D eigenvalue weighted by Gasteiger charge is -2.18. The summed E-state index contributed by atoms with van der Waals surface area (Å²) in [6.45, 7) is 7.48. The molecular weight excluding hydrogens is 369 g/mol. The maximum Gasteiger partial charge on any atom is 0.270 e. The first-order valence-electron chi connectivity index (χ1n) is 9.28. The van der Waals surface area contributed by atoms with E-state index in [1.165, 1.54) is 16.8 Å². The standard InChI is InChI=1S/C18H19F3N4O.C2H6/c1-4-14(11-5-7-12(8-6-11)18(3,20)21)25-16-15(13(9-19)24-25)17(26)23-10(2)22-16;1-2/h5-8,14H,4,9H2,1-3H3,(H,22,23,26);1-2H3. The van der Waals surface area contributed by atoms with Gasteiger partial charge in [-0.2, -0.15) is 5.10 Å². The van der Waals surface area contributed by atoms with Crippen LogP contribution in [0.2, 0.25) is 0 Å². The first kappa shape index (κ1) is 21.7. The smallest absolute Gasteiger partial charge is 0.270 e. The highest BCUT2D eigenvalue weighted by Crippen LogP contribution is 2.30. The molecule has 1 atom stereocenters. The molecule has 28 heavy (non-hydrogen) atoms. The van der Waals surface area contributed by atoms with Gasteiger partial charge in [0.05, 0.1) is 6.04 Å². The van der Waals surface area contributed by atoms with Crippen LogP contribution in [-0.2, 0) is 12.6 Å². The number of fused-ring (bicyclic) bond motifs is 1. The van der Waals surface area contributed by atoms with Gasteiger partial charge in [0.1, 0.15) is 23.6 Å². The number of nitrogens with zero attached hydrogens (tertiary/aromatic N) is 3. The Kier molecular flexibility index (Phi) is 6.64. The molecule has 1 unspecified atom stereocenters. The van der Waals surface area contributed by atoms with Crippen molar-refractivity contribution in [2.45, 2.75) is 59.7 Å². The van der Waals surface area contributed by atoms with E-state index in [1.807, 2.05) is 20.8 Å². The number of rotatable bonds is 5. The molecule has 0 aliphatic rings. The number of aromatic nitrogens is 4. The van der Waals surface area contributed by atoms with E-state index < -0.39 is 18.2 Å². The fraction of sp³-hybridized carbons (Fsp3) is 0.450. The first-order valence-corrected chi connectivity index (χ1v) is 9.28. The minimum Gasteiger partial charge on any atom is -0.310 e. The Labute approximate surface area is 161 Å². The summed E-state index contributed by atoms with van der Waals surface area (Å²) in [6.07, 6.45) is 0.567. The zero-order valence-corrected chi connectivity index (χ0v) is 16.7. The van der Waals surface area contributed by atoms with Crippen molar-refractivity contribution in [1.82, 2.24) is 19.7 Å². The van der Waals surface area contributed by atoms with Gasteiger partial charge in [0, 0.05) is 12.5 Å². The summed E-state index contributed by atoms with van der Waals surface area (Å²) < 4.78 is 41.7. The molecule has 0 fully saturated rings. The summed E-state index contributed by atoms with van der Waals surface area (Å²) in [5.41, 5.74) is 0.508. The van der Waals surface area contributed by atoms with Crippen LogP contribution in [0, 0.1) is 6.92 Å². The van der Waals surface area contributed by atoms with E-state index in [2.05, 4.69) is 15.1 Å². The zero-order valence-electron chi connectivity index (χ0n) is 16.7. The topological polar surface area (TPSA) is 63.6 Å². The minimum absolute atomic E-state index is 0.0175. The van der Waals surface area contributed by atoms with Crippen LogP contribution in [0.25, 0.3) is 11.0 Å². The SMILES string of the molecule is CC.CCC(c1ccc(C(C)(F)F)cc1)n1nc(CF)c2c(=O)[nH]c(C)nc21.